The SMILES string of the molecule is O=C1C(=Cc2ccc(-c3ccc(F)cc3)o2)SC(=S)N1C1C2CC3CC(C2)CC1C3. The minimum absolute atomic E-state index is 0.0298. The van der Waals surface area contributed by atoms with Crippen LogP contribution in [0.15, 0.2) is 45.7 Å². The number of nitrogens with zero attached hydrogens (tertiary/aromatic N) is 1. The number of thioether (sulfide) groups is 1. The van der Waals surface area contributed by atoms with Crippen LogP contribution in [0.5, 0.6) is 0 Å². The highest BCUT2D eigenvalue weighted by atomic mass is 32.2. The van der Waals surface area contributed by atoms with Gasteiger partial charge in [0.25, 0.3) is 5.91 Å². The molecule has 5 fully saturated rings. The summed E-state index contributed by atoms with van der Waals surface area (Å²) in [6.07, 6.45) is 8.22. The lowest BCUT2D eigenvalue weighted by Crippen LogP contribution is -2.57. The van der Waals surface area contributed by atoms with Crippen molar-refractivity contribution in [2.24, 2.45) is 23.7 Å². The summed E-state index contributed by atoms with van der Waals surface area (Å²) in [6, 6.07) is 10.2. The molecule has 5 aliphatic rings. The number of carbonyl (C=O) groups is 1. The molecule has 0 atom stereocenters. The summed E-state index contributed by atoms with van der Waals surface area (Å²) in [6.45, 7) is 0. The highest BCUT2D eigenvalue weighted by Crippen LogP contribution is 2.56. The second-order valence-corrected chi connectivity index (χ2v) is 10.9. The fraction of sp³-hybridized carbons (Fsp3) is 0.417. The smallest absolute Gasteiger partial charge is 0.266 e. The van der Waals surface area contributed by atoms with Crippen LogP contribution in [0.1, 0.15) is 37.9 Å². The highest BCUT2D eigenvalue weighted by molar-refractivity contribution is 8.26. The molecule has 2 heterocycles. The monoisotopic (exact) mass is 439 g/mol. The van der Waals surface area contributed by atoms with Gasteiger partial charge in [-0.2, -0.15) is 0 Å². The van der Waals surface area contributed by atoms with Crippen molar-refractivity contribution in [2.75, 3.05) is 0 Å². The summed E-state index contributed by atoms with van der Waals surface area (Å²) < 4.78 is 19.8. The molecule has 6 heteroatoms. The lowest BCUT2D eigenvalue weighted by atomic mass is 9.54. The van der Waals surface area contributed by atoms with E-state index in [0.717, 1.165) is 17.4 Å². The number of thiocarbonyl (C=S) groups is 1. The Morgan fingerprint density at radius 1 is 1.00 bits per heavy atom. The van der Waals surface area contributed by atoms with Gasteiger partial charge >= 0.3 is 0 Å². The molecule has 0 radical (unpaired) electrons. The molecule has 7 rings (SSSR count). The molecule has 1 aliphatic heterocycles. The zero-order valence-electron chi connectivity index (χ0n) is 16.4. The van der Waals surface area contributed by atoms with E-state index in [2.05, 4.69) is 0 Å². The Morgan fingerprint density at radius 2 is 1.67 bits per heavy atom. The largest absolute Gasteiger partial charge is 0.457 e. The number of hydrogen-bond acceptors (Lipinski definition) is 4. The Bertz CT molecular complexity index is 1030. The summed E-state index contributed by atoms with van der Waals surface area (Å²) in [5, 5.41) is 0. The first-order valence-electron chi connectivity index (χ1n) is 10.7. The third-order valence-corrected chi connectivity index (χ3v) is 8.66. The van der Waals surface area contributed by atoms with Crippen molar-refractivity contribution in [2.45, 2.75) is 38.1 Å². The summed E-state index contributed by atoms with van der Waals surface area (Å²) in [4.78, 5) is 15.9. The van der Waals surface area contributed by atoms with Crippen LogP contribution in [-0.4, -0.2) is 21.2 Å². The van der Waals surface area contributed by atoms with E-state index in [4.69, 9.17) is 16.6 Å². The van der Waals surface area contributed by atoms with Crippen LogP contribution in [0, 0.1) is 29.5 Å². The van der Waals surface area contributed by atoms with Crippen LogP contribution in [0.25, 0.3) is 17.4 Å². The molecule has 4 aliphatic carbocycles. The summed E-state index contributed by atoms with van der Waals surface area (Å²) in [7, 11) is 0. The first kappa shape index (κ1) is 18.8. The third kappa shape index (κ3) is 3.07. The highest BCUT2D eigenvalue weighted by Gasteiger charge is 2.53. The molecule has 1 aromatic heterocycles. The Labute approximate surface area is 184 Å². The van der Waals surface area contributed by atoms with E-state index >= 15 is 0 Å². The molecule has 1 aromatic carbocycles. The first-order valence-corrected chi connectivity index (χ1v) is 11.9. The van der Waals surface area contributed by atoms with Crippen LogP contribution in [0.3, 0.4) is 0 Å². The van der Waals surface area contributed by atoms with E-state index in [0.29, 0.717) is 32.6 Å². The van der Waals surface area contributed by atoms with Gasteiger partial charge in [-0.1, -0.05) is 24.0 Å². The molecule has 0 spiro atoms. The third-order valence-electron chi connectivity index (χ3n) is 7.33. The molecule has 154 valence electrons. The van der Waals surface area contributed by atoms with Gasteiger partial charge in [-0.05, 0) is 92.2 Å². The van der Waals surface area contributed by atoms with Crippen molar-refractivity contribution >= 4 is 40.3 Å². The minimum Gasteiger partial charge on any atom is -0.457 e. The fourth-order valence-electron chi connectivity index (χ4n) is 6.38. The Kier molecular flexibility index (Phi) is 4.43. The molecule has 4 bridgehead atoms. The van der Waals surface area contributed by atoms with E-state index in [1.165, 1.54) is 56.0 Å². The Hall–Kier alpha value is -1.92. The van der Waals surface area contributed by atoms with Gasteiger partial charge in [0, 0.05) is 17.7 Å². The minimum atomic E-state index is -0.279. The van der Waals surface area contributed by atoms with Gasteiger partial charge in [0.05, 0.1) is 4.91 Å². The lowest BCUT2D eigenvalue weighted by molar-refractivity contribution is -0.130. The number of amides is 1. The molecular weight excluding hydrogens is 417 g/mol. The quantitative estimate of drug-likeness (QED) is 0.427. The molecule has 2 aromatic rings. The summed E-state index contributed by atoms with van der Waals surface area (Å²) in [5.41, 5.74) is 0.803. The summed E-state index contributed by atoms with van der Waals surface area (Å²) >= 11 is 7.05. The van der Waals surface area contributed by atoms with Crippen LogP contribution in [-0.2, 0) is 4.79 Å². The predicted molar refractivity (Wildman–Crippen MR) is 120 cm³/mol. The maximum atomic E-state index is 13.3. The van der Waals surface area contributed by atoms with Crippen molar-refractivity contribution in [3.8, 4) is 11.3 Å². The lowest BCUT2D eigenvalue weighted by Gasteiger charge is -2.56. The normalized spacial score (nSPS) is 33.8. The topological polar surface area (TPSA) is 33.5 Å². The molecule has 1 amide bonds. The molecule has 0 N–H and O–H groups in total. The molecule has 30 heavy (non-hydrogen) atoms. The van der Waals surface area contributed by atoms with Gasteiger partial charge in [-0.3, -0.25) is 9.69 Å². The molecule has 1 saturated heterocycles. The standard InChI is InChI=1S/C24H22FNO2S2/c25-18-3-1-15(2-4-18)20-6-5-19(28-20)12-21-23(27)26(24(29)30-21)22-16-8-13-7-14(10-16)11-17(22)9-13/h1-6,12-14,16-17,22H,7-11H2. The van der Waals surface area contributed by atoms with Crippen LogP contribution in [0.2, 0.25) is 0 Å². The van der Waals surface area contributed by atoms with Crippen molar-refractivity contribution in [3.63, 3.8) is 0 Å². The number of carbonyl (C=O) groups excluding carboxylic acids is 1. The molecular formula is C24H22FNO2S2. The van der Waals surface area contributed by atoms with Gasteiger partial charge in [0.2, 0.25) is 0 Å². The van der Waals surface area contributed by atoms with Gasteiger partial charge in [-0.25, -0.2) is 4.39 Å². The molecule has 0 unspecified atom stereocenters. The van der Waals surface area contributed by atoms with Crippen LogP contribution in [0.4, 0.5) is 4.39 Å². The Balaban J connectivity index is 1.25. The van der Waals surface area contributed by atoms with Crippen molar-refractivity contribution < 1.29 is 13.6 Å². The average Bonchev–Trinajstić information content (AvgIpc) is 3.28. The van der Waals surface area contributed by atoms with Gasteiger partial charge in [0.15, 0.2) is 0 Å². The zero-order chi connectivity index (χ0) is 20.4. The van der Waals surface area contributed by atoms with Crippen LogP contribution >= 0.6 is 24.0 Å². The van der Waals surface area contributed by atoms with Gasteiger partial charge < -0.3 is 4.42 Å². The maximum Gasteiger partial charge on any atom is 0.266 e. The van der Waals surface area contributed by atoms with Crippen molar-refractivity contribution in [1.82, 2.24) is 4.90 Å². The second kappa shape index (κ2) is 7.06. The average molecular weight is 440 g/mol. The fourth-order valence-corrected chi connectivity index (χ4v) is 7.71. The van der Waals surface area contributed by atoms with E-state index in [1.807, 2.05) is 17.0 Å². The van der Waals surface area contributed by atoms with Crippen molar-refractivity contribution in [1.29, 1.82) is 0 Å². The zero-order valence-corrected chi connectivity index (χ0v) is 18.1. The number of furan rings is 1. The number of hydrogen-bond donors (Lipinski definition) is 0. The van der Waals surface area contributed by atoms with Crippen LogP contribution < -0.4 is 0 Å². The number of benzene rings is 1. The van der Waals surface area contributed by atoms with E-state index in [-0.39, 0.29) is 17.8 Å². The number of rotatable bonds is 3. The second-order valence-electron chi connectivity index (χ2n) is 9.18. The molecule has 3 nitrogen and oxygen atoms in total. The predicted octanol–water partition coefficient (Wildman–Crippen LogP) is 6.11. The van der Waals surface area contributed by atoms with E-state index in [1.54, 1.807) is 18.2 Å². The maximum absolute atomic E-state index is 13.3. The summed E-state index contributed by atoms with van der Waals surface area (Å²) in [5.74, 6) is 3.96. The van der Waals surface area contributed by atoms with Gasteiger partial charge in [-0.15, -0.1) is 0 Å². The van der Waals surface area contributed by atoms with Gasteiger partial charge in [0.1, 0.15) is 21.7 Å². The van der Waals surface area contributed by atoms with E-state index in [9.17, 15) is 9.18 Å². The van der Waals surface area contributed by atoms with E-state index < -0.39 is 0 Å². The van der Waals surface area contributed by atoms with Crippen molar-refractivity contribution in [3.05, 3.63) is 52.9 Å². The number of halogens is 1. The Morgan fingerprint density at radius 3 is 2.33 bits per heavy atom. The first-order chi connectivity index (χ1) is 14.5. The molecule has 4 saturated carbocycles.